The minimum Gasteiger partial charge on any atom is -0.462 e. The Bertz CT molecular complexity index is 998. The Balaban J connectivity index is 4.37. The molecule has 0 heterocycles. The molecule has 0 fully saturated rings. The summed E-state index contributed by atoms with van der Waals surface area (Å²) >= 11 is 0. The van der Waals surface area contributed by atoms with Gasteiger partial charge in [0.15, 0.2) is 6.10 Å². The van der Waals surface area contributed by atoms with Crippen LogP contribution in [0.1, 0.15) is 155 Å². The number of allylic oxidation sites excluding steroid dienone is 6. The van der Waals surface area contributed by atoms with E-state index < -0.39 is 38.6 Å². The highest BCUT2D eigenvalue weighted by Gasteiger charge is 2.25. The Morgan fingerprint density at radius 2 is 1.27 bits per heavy atom. The monoisotopic (exact) mass is 741 g/mol. The molecular weight excluding hydrogens is 669 g/mol. The van der Waals surface area contributed by atoms with Crippen LogP contribution in [0.5, 0.6) is 0 Å². The van der Waals surface area contributed by atoms with Crippen molar-refractivity contribution >= 4 is 19.8 Å². The van der Waals surface area contributed by atoms with Gasteiger partial charge in [-0.05, 0) is 44.9 Å². The van der Waals surface area contributed by atoms with Crippen LogP contribution in [-0.2, 0) is 32.7 Å². The first-order valence-corrected chi connectivity index (χ1v) is 21.2. The number of phosphoric ester groups is 1. The number of aliphatic hydroxyl groups is 1. The number of esters is 2. The first-order chi connectivity index (χ1) is 24.7. The molecule has 0 aromatic heterocycles. The molecule has 0 saturated carbocycles. The molecule has 0 aliphatic carbocycles. The minimum absolute atomic E-state index is 0.0365. The molecule has 0 aliphatic rings. The molecule has 1 unspecified atom stereocenters. The van der Waals surface area contributed by atoms with Gasteiger partial charge in [0.05, 0.1) is 19.3 Å². The van der Waals surface area contributed by atoms with E-state index in [0.717, 1.165) is 32.1 Å². The first kappa shape index (κ1) is 48.9. The molecule has 296 valence electrons. The zero-order chi connectivity index (χ0) is 37.7. The maximum atomic E-state index is 12.5. The second kappa shape index (κ2) is 36.3. The molecule has 3 atom stereocenters. The zero-order valence-corrected chi connectivity index (χ0v) is 32.8. The van der Waals surface area contributed by atoms with E-state index in [1.807, 2.05) is 36.5 Å². The van der Waals surface area contributed by atoms with E-state index in [1.54, 1.807) is 6.08 Å². The highest BCUT2D eigenvalue weighted by molar-refractivity contribution is 7.47. The molecule has 0 bridgehead atoms. The van der Waals surface area contributed by atoms with Crippen LogP contribution >= 0.6 is 7.82 Å². The molecule has 0 spiro atoms. The highest BCUT2D eigenvalue weighted by atomic mass is 31.2. The van der Waals surface area contributed by atoms with Crippen molar-refractivity contribution in [3.63, 3.8) is 0 Å². The fraction of sp³-hybridized carbons (Fsp3) is 0.750. The highest BCUT2D eigenvalue weighted by Crippen LogP contribution is 2.43. The van der Waals surface area contributed by atoms with Crippen LogP contribution in [0.2, 0.25) is 0 Å². The van der Waals surface area contributed by atoms with E-state index in [9.17, 15) is 24.2 Å². The number of ether oxygens (including phenoxy) is 2. The number of nitrogens with two attached hydrogens (primary N) is 1. The van der Waals surface area contributed by atoms with Crippen LogP contribution in [0.3, 0.4) is 0 Å². The third-order valence-electron chi connectivity index (χ3n) is 8.05. The fourth-order valence-corrected chi connectivity index (χ4v) is 5.83. The third-order valence-corrected chi connectivity index (χ3v) is 9.03. The van der Waals surface area contributed by atoms with Gasteiger partial charge in [-0.3, -0.25) is 18.6 Å². The van der Waals surface area contributed by atoms with Gasteiger partial charge in [-0.25, -0.2) is 4.57 Å². The van der Waals surface area contributed by atoms with E-state index >= 15 is 0 Å². The Morgan fingerprint density at radius 3 is 1.94 bits per heavy atom. The largest absolute Gasteiger partial charge is 0.472 e. The van der Waals surface area contributed by atoms with Crippen molar-refractivity contribution in [1.82, 2.24) is 0 Å². The maximum absolute atomic E-state index is 12.5. The summed E-state index contributed by atoms with van der Waals surface area (Å²) in [5, 5.41) is 10.0. The number of hydrogen-bond donors (Lipinski definition) is 3. The second-order valence-electron chi connectivity index (χ2n) is 13.0. The van der Waals surface area contributed by atoms with E-state index in [-0.39, 0.29) is 32.6 Å². The number of phosphoric acid groups is 1. The van der Waals surface area contributed by atoms with Crippen molar-refractivity contribution in [3.8, 4) is 0 Å². The quantitative estimate of drug-likeness (QED) is 0.0186. The van der Waals surface area contributed by atoms with Crippen LogP contribution < -0.4 is 5.73 Å². The lowest BCUT2D eigenvalue weighted by atomic mass is 10.0. The number of rotatable bonds is 36. The standard InChI is InChI=1S/C40H72NO9P/c1-3-5-7-9-11-12-13-14-15-20-24-28-32-40(44)50-38(36-49-51(45,46)48-34-33-41)35-47-39(43)31-27-23-19-17-16-18-22-26-30-37(42)29-25-21-10-8-6-4-2/h17-19,21-22,25-26,30,37-38,42H,3-16,20,23-24,27-29,31-36,41H2,1-2H3,(H,45,46)/b19-17-,22-18-,25-21-,30-26+/t37-,38-/m1/s1. The Hall–Kier alpha value is -2.07. The molecule has 51 heavy (non-hydrogen) atoms. The van der Waals surface area contributed by atoms with Crippen molar-refractivity contribution in [2.45, 2.75) is 167 Å². The average molecular weight is 742 g/mol. The van der Waals surface area contributed by atoms with Gasteiger partial charge < -0.3 is 25.2 Å². The van der Waals surface area contributed by atoms with Gasteiger partial charge in [0.2, 0.25) is 0 Å². The van der Waals surface area contributed by atoms with Crippen LogP contribution in [0, 0.1) is 0 Å². The predicted molar refractivity (Wildman–Crippen MR) is 207 cm³/mol. The first-order valence-electron chi connectivity index (χ1n) is 19.7. The van der Waals surface area contributed by atoms with E-state index in [2.05, 4.69) is 19.9 Å². The molecule has 0 amide bonds. The fourth-order valence-electron chi connectivity index (χ4n) is 5.06. The zero-order valence-electron chi connectivity index (χ0n) is 31.9. The maximum Gasteiger partial charge on any atom is 0.472 e. The Labute approximate surface area is 309 Å². The summed E-state index contributed by atoms with van der Waals surface area (Å²) in [5.74, 6) is -0.935. The van der Waals surface area contributed by atoms with Crippen LogP contribution in [0.4, 0.5) is 0 Å². The van der Waals surface area contributed by atoms with Gasteiger partial charge in [-0.15, -0.1) is 0 Å². The van der Waals surface area contributed by atoms with Gasteiger partial charge in [0, 0.05) is 19.4 Å². The lowest BCUT2D eigenvalue weighted by Crippen LogP contribution is -2.29. The molecule has 0 aromatic rings. The summed E-state index contributed by atoms with van der Waals surface area (Å²) in [7, 11) is -4.40. The lowest BCUT2D eigenvalue weighted by molar-refractivity contribution is -0.161. The lowest BCUT2D eigenvalue weighted by Gasteiger charge is -2.19. The van der Waals surface area contributed by atoms with Crippen LogP contribution in [0.15, 0.2) is 48.6 Å². The molecule has 0 saturated heterocycles. The van der Waals surface area contributed by atoms with Crippen molar-refractivity contribution in [2.75, 3.05) is 26.4 Å². The number of unbranched alkanes of at least 4 members (excludes halogenated alkanes) is 15. The van der Waals surface area contributed by atoms with Gasteiger partial charge >= 0.3 is 19.8 Å². The van der Waals surface area contributed by atoms with Gasteiger partial charge in [0.25, 0.3) is 0 Å². The normalized spacial score (nSPS) is 14.5. The number of hydrogen-bond acceptors (Lipinski definition) is 9. The van der Waals surface area contributed by atoms with Crippen LogP contribution in [-0.4, -0.2) is 60.5 Å². The molecular formula is C40H72NO9P. The Kier molecular flexibility index (Phi) is 34.8. The molecule has 0 rings (SSSR count). The number of aliphatic hydroxyl groups excluding tert-OH is 1. The third kappa shape index (κ3) is 36.1. The second-order valence-corrected chi connectivity index (χ2v) is 14.5. The number of carbonyl (C=O) groups is 2. The molecule has 11 heteroatoms. The summed E-state index contributed by atoms with van der Waals surface area (Å²) in [6, 6.07) is 0. The molecule has 0 aliphatic heterocycles. The smallest absolute Gasteiger partial charge is 0.462 e. The average Bonchev–Trinajstić information content (AvgIpc) is 3.11. The molecule has 0 radical (unpaired) electrons. The summed E-state index contributed by atoms with van der Waals surface area (Å²) < 4.78 is 32.6. The van der Waals surface area contributed by atoms with E-state index in [1.165, 1.54) is 70.6 Å². The summed E-state index contributed by atoms with van der Waals surface area (Å²) in [5.41, 5.74) is 5.32. The SMILES string of the molecule is CCCCC/C=C\C[C@@H](O)/C=C/C=C\C/C=C\CCCC(=O)OC[C@H](COP(=O)(O)OCCN)OC(=O)CCCCCCCCCCCCCC. The Morgan fingerprint density at radius 1 is 0.686 bits per heavy atom. The van der Waals surface area contributed by atoms with Crippen molar-refractivity contribution in [3.05, 3.63) is 48.6 Å². The molecule has 4 N–H and O–H groups in total. The van der Waals surface area contributed by atoms with Crippen LogP contribution in [0.25, 0.3) is 0 Å². The minimum atomic E-state index is -4.40. The summed E-state index contributed by atoms with van der Waals surface area (Å²) in [6.07, 6.45) is 36.0. The van der Waals surface area contributed by atoms with Gasteiger partial charge in [-0.1, -0.05) is 146 Å². The number of carbonyl (C=O) groups excluding carboxylic acids is 2. The van der Waals surface area contributed by atoms with Gasteiger partial charge in [0.1, 0.15) is 6.61 Å². The predicted octanol–water partition coefficient (Wildman–Crippen LogP) is 9.74. The van der Waals surface area contributed by atoms with Crippen molar-refractivity contribution in [2.24, 2.45) is 5.73 Å². The molecule has 0 aromatic carbocycles. The molecule has 10 nitrogen and oxygen atoms in total. The van der Waals surface area contributed by atoms with Crippen molar-refractivity contribution < 1.29 is 42.7 Å². The van der Waals surface area contributed by atoms with E-state index in [0.29, 0.717) is 25.7 Å². The van der Waals surface area contributed by atoms with Crippen molar-refractivity contribution in [1.29, 1.82) is 0 Å². The van der Waals surface area contributed by atoms with Gasteiger partial charge in [-0.2, -0.15) is 0 Å². The topological polar surface area (TPSA) is 155 Å². The summed E-state index contributed by atoms with van der Waals surface area (Å²) in [4.78, 5) is 34.7. The van der Waals surface area contributed by atoms with E-state index in [4.69, 9.17) is 24.3 Å². The summed E-state index contributed by atoms with van der Waals surface area (Å²) in [6.45, 7) is 3.53.